The zero-order valence-electron chi connectivity index (χ0n) is 11.8. The summed E-state index contributed by atoms with van der Waals surface area (Å²) in [6, 6.07) is 16.5. The van der Waals surface area contributed by atoms with E-state index in [2.05, 4.69) is 55.2 Å². The second-order valence-corrected chi connectivity index (χ2v) is 5.24. The Labute approximate surface area is 119 Å². The van der Waals surface area contributed by atoms with Crippen molar-refractivity contribution in [1.29, 1.82) is 0 Å². The van der Waals surface area contributed by atoms with E-state index in [1.54, 1.807) is 0 Å². The molecular weight excluding hydrogens is 244 g/mol. The fourth-order valence-electron chi connectivity index (χ4n) is 2.52. The molecule has 0 aliphatic rings. The molecule has 3 aromatic rings. The van der Waals surface area contributed by atoms with E-state index in [0.717, 1.165) is 22.0 Å². The number of aryl methyl sites for hydroxylation is 2. The van der Waals surface area contributed by atoms with Crippen LogP contribution in [0, 0.1) is 13.8 Å². The standard InChI is InChI=1S/C18H18N2/c1-12-8-9-15(11-13(12)2)17(19)16-7-3-5-14-6-4-10-20-18(14)16/h3-11,17H,19H2,1-2H3. The minimum absolute atomic E-state index is 0.145. The molecule has 0 aliphatic carbocycles. The molecular formula is C18H18N2. The molecule has 0 aliphatic heterocycles. The van der Waals surface area contributed by atoms with Crippen LogP contribution < -0.4 is 5.73 Å². The maximum absolute atomic E-state index is 6.46. The molecule has 1 heterocycles. The van der Waals surface area contributed by atoms with E-state index in [9.17, 15) is 0 Å². The number of rotatable bonds is 2. The van der Waals surface area contributed by atoms with Crippen LogP contribution >= 0.6 is 0 Å². The quantitative estimate of drug-likeness (QED) is 0.760. The minimum Gasteiger partial charge on any atom is -0.320 e. The normalized spacial score (nSPS) is 12.6. The van der Waals surface area contributed by atoms with Crippen molar-refractivity contribution >= 4 is 10.9 Å². The summed E-state index contributed by atoms with van der Waals surface area (Å²) in [6.45, 7) is 4.23. The highest BCUT2D eigenvalue weighted by Crippen LogP contribution is 2.26. The molecule has 0 spiro atoms. The van der Waals surface area contributed by atoms with Gasteiger partial charge in [0.25, 0.3) is 0 Å². The van der Waals surface area contributed by atoms with E-state index in [0.29, 0.717) is 0 Å². The second-order valence-electron chi connectivity index (χ2n) is 5.24. The average Bonchev–Trinajstić information content (AvgIpc) is 2.49. The van der Waals surface area contributed by atoms with E-state index in [1.807, 2.05) is 18.3 Å². The average molecular weight is 262 g/mol. The summed E-state index contributed by atoms with van der Waals surface area (Å²) in [5.74, 6) is 0. The molecule has 0 amide bonds. The summed E-state index contributed by atoms with van der Waals surface area (Å²) in [4.78, 5) is 4.49. The first-order valence-electron chi connectivity index (χ1n) is 6.83. The number of aromatic nitrogens is 1. The largest absolute Gasteiger partial charge is 0.320 e. The summed E-state index contributed by atoms with van der Waals surface area (Å²) >= 11 is 0. The Bertz CT molecular complexity index is 757. The number of para-hydroxylation sites is 1. The molecule has 0 fully saturated rings. The number of benzene rings is 2. The third kappa shape index (κ3) is 2.19. The lowest BCUT2D eigenvalue weighted by Gasteiger charge is -2.16. The number of hydrogen-bond donors (Lipinski definition) is 1. The molecule has 0 saturated carbocycles. The third-order valence-electron chi connectivity index (χ3n) is 3.89. The van der Waals surface area contributed by atoms with Crippen molar-refractivity contribution in [2.75, 3.05) is 0 Å². The number of nitrogens with zero attached hydrogens (tertiary/aromatic N) is 1. The molecule has 2 heteroatoms. The predicted molar refractivity (Wildman–Crippen MR) is 83.7 cm³/mol. The third-order valence-corrected chi connectivity index (χ3v) is 3.89. The molecule has 2 N–H and O–H groups in total. The Hall–Kier alpha value is -2.19. The van der Waals surface area contributed by atoms with E-state index >= 15 is 0 Å². The van der Waals surface area contributed by atoms with Gasteiger partial charge in [0.15, 0.2) is 0 Å². The van der Waals surface area contributed by atoms with Crippen molar-refractivity contribution in [3.05, 3.63) is 77.0 Å². The van der Waals surface area contributed by atoms with Gasteiger partial charge in [-0.05, 0) is 42.2 Å². The van der Waals surface area contributed by atoms with Crippen molar-refractivity contribution in [2.45, 2.75) is 19.9 Å². The number of nitrogens with two attached hydrogens (primary N) is 1. The zero-order chi connectivity index (χ0) is 14.1. The smallest absolute Gasteiger partial charge is 0.0753 e. The lowest BCUT2D eigenvalue weighted by molar-refractivity contribution is 0.874. The van der Waals surface area contributed by atoms with Gasteiger partial charge in [-0.1, -0.05) is 42.5 Å². The first-order valence-corrected chi connectivity index (χ1v) is 6.83. The highest BCUT2D eigenvalue weighted by Gasteiger charge is 2.13. The summed E-state index contributed by atoms with van der Waals surface area (Å²) < 4.78 is 0. The molecule has 0 radical (unpaired) electrons. The second kappa shape index (κ2) is 5.06. The maximum Gasteiger partial charge on any atom is 0.0753 e. The molecule has 100 valence electrons. The Morgan fingerprint density at radius 1 is 0.950 bits per heavy atom. The monoisotopic (exact) mass is 262 g/mol. The van der Waals surface area contributed by atoms with Crippen LogP contribution in [0.15, 0.2) is 54.7 Å². The van der Waals surface area contributed by atoms with Gasteiger partial charge in [0.05, 0.1) is 11.6 Å². The van der Waals surface area contributed by atoms with Gasteiger partial charge in [-0.2, -0.15) is 0 Å². The molecule has 1 atom stereocenters. The van der Waals surface area contributed by atoms with Gasteiger partial charge in [-0.25, -0.2) is 0 Å². The van der Waals surface area contributed by atoms with Crippen LogP contribution in [-0.4, -0.2) is 4.98 Å². The molecule has 20 heavy (non-hydrogen) atoms. The molecule has 1 aromatic heterocycles. The molecule has 2 nitrogen and oxygen atoms in total. The van der Waals surface area contributed by atoms with Gasteiger partial charge >= 0.3 is 0 Å². The van der Waals surface area contributed by atoms with Crippen LogP contribution in [-0.2, 0) is 0 Å². The van der Waals surface area contributed by atoms with E-state index in [1.165, 1.54) is 11.1 Å². The van der Waals surface area contributed by atoms with E-state index in [4.69, 9.17) is 5.73 Å². The lowest BCUT2D eigenvalue weighted by Crippen LogP contribution is -2.13. The van der Waals surface area contributed by atoms with Crippen LogP contribution in [0.1, 0.15) is 28.3 Å². The highest BCUT2D eigenvalue weighted by molar-refractivity contribution is 5.82. The predicted octanol–water partition coefficient (Wildman–Crippen LogP) is 3.90. The Balaban J connectivity index is 2.12. The van der Waals surface area contributed by atoms with Crippen LogP contribution in [0.25, 0.3) is 10.9 Å². The van der Waals surface area contributed by atoms with Crippen LogP contribution in [0.5, 0.6) is 0 Å². The Morgan fingerprint density at radius 3 is 2.55 bits per heavy atom. The summed E-state index contributed by atoms with van der Waals surface area (Å²) in [7, 11) is 0. The minimum atomic E-state index is -0.145. The van der Waals surface area contributed by atoms with Gasteiger partial charge in [0.2, 0.25) is 0 Å². The maximum atomic E-state index is 6.46. The summed E-state index contributed by atoms with van der Waals surface area (Å²) in [6.07, 6.45) is 1.82. The first kappa shape index (κ1) is 12.8. The number of pyridine rings is 1. The molecule has 2 aromatic carbocycles. The van der Waals surface area contributed by atoms with Crippen LogP contribution in [0.2, 0.25) is 0 Å². The first-order chi connectivity index (χ1) is 9.66. The number of hydrogen-bond acceptors (Lipinski definition) is 2. The van der Waals surface area contributed by atoms with Crippen molar-refractivity contribution in [3.8, 4) is 0 Å². The summed E-state index contributed by atoms with van der Waals surface area (Å²) in [5.41, 5.74) is 12.2. The SMILES string of the molecule is Cc1ccc(C(N)c2cccc3cccnc23)cc1C. The lowest BCUT2D eigenvalue weighted by atomic mass is 9.95. The molecule has 3 rings (SSSR count). The van der Waals surface area contributed by atoms with Crippen LogP contribution in [0.4, 0.5) is 0 Å². The van der Waals surface area contributed by atoms with Crippen LogP contribution in [0.3, 0.4) is 0 Å². The molecule has 0 saturated heterocycles. The van der Waals surface area contributed by atoms with Gasteiger partial charge in [0.1, 0.15) is 0 Å². The summed E-state index contributed by atoms with van der Waals surface area (Å²) in [5, 5.41) is 1.13. The molecule has 1 unspecified atom stereocenters. The fourth-order valence-corrected chi connectivity index (χ4v) is 2.52. The van der Waals surface area contributed by atoms with Gasteiger partial charge in [-0.15, -0.1) is 0 Å². The Morgan fingerprint density at radius 2 is 1.75 bits per heavy atom. The van der Waals surface area contributed by atoms with Crippen molar-refractivity contribution in [3.63, 3.8) is 0 Å². The highest BCUT2D eigenvalue weighted by atomic mass is 14.7. The van der Waals surface area contributed by atoms with Crippen molar-refractivity contribution < 1.29 is 0 Å². The van der Waals surface area contributed by atoms with Gasteiger partial charge < -0.3 is 5.73 Å². The van der Waals surface area contributed by atoms with Crippen molar-refractivity contribution in [2.24, 2.45) is 5.73 Å². The zero-order valence-corrected chi connectivity index (χ0v) is 11.8. The number of fused-ring (bicyclic) bond motifs is 1. The topological polar surface area (TPSA) is 38.9 Å². The van der Waals surface area contributed by atoms with E-state index in [-0.39, 0.29) is 6.04 Å². The fraction of sp³-hybridized carbons (Fsp3) is 0.167. The Kier molecular flexibility index (Phi) is 3.25. The van der Waals surface area contributed by atoms with Gasteiger partial charge in [0, 0.05) is 11.6 Å². The van der Waals surface area contributed by atoms with Gasteiger partial charge in [-0.3, -0.25) is 4.98 Å². The van der Waals surface area contributed by atoms with E-state index < -0.39 is 0 Å². The molecule has 0 bridgehead atoms. The van der Waals surface area contributed by atoms with Crippen molar-refractivity contribution in [1.82, 2.24) is 4.98 Å².